The topological polar surface area (TPSA) is 71.2 Å². The van der Waals surface area contributed by atoms with Gasteiger partial charge in [-0.3, -0.25) is 0 Å². The maximum absolute atomic E-state index is 9.20. The summed E-state index contributed by atoms with van der Waals surface area (Å²) in [7, 11) is 0. The summed E-state index contributed by atoms with van der Waals surface area (Å²) >= 11 is 0. The zero-order chi connectivity index (χ0) is 10.3. The first-order valence-electron chi connectivity index (χ1n) is 5.53. The van der Waals surface area contributed by atoms with Crippen LogP contribution in [0.4, 0.5) is 0 Å². The van der Waals surface area contributed by atoms with Crippen molar-refractivity contribution in [3.05, 3.63) is 11.7 Å². The van der Waals surface area contributed by atoms with Crippen molar-refractivity contribution in [2.75, 3.05) is 19.7 Å². The molecule has 3 rings (SSSR count). The summed E-state index contributed by atoms with van der Waals surface area (Å²) in [5, 5.41) is 16.4. The van der Waals surface area contributed by atoms with E-state index in [0.29, 0.717) is 11.8 Å². The molecule has 0 radical (unpaired) electrons. The van der Waals surface area contributed by atoms with Gasteiger partial charge in [0.25, 0.3) is 0 Å². The van der Waals surface area contributed by atoms with Crippen LogP contribution in [0.3, 0.4) is 0 Å². The maximum atomic E-state index is 9.20. The van der Waals surface area contributed by atoms with E-state index in [4.69, 9.17) is 4.52 Å². The Morgan fingerprint density at radius 3 is 3.00 bits per heavy atom. The third kappa shape index (κ3) is 1.66. The van der Waals surface area contributed by atoms with Crippen LogP contribution in [0, 0.1) is 5.92 Å². The number of nitrogens with one attached hydrogen (secondary N) is 1. The molecule has 5 nitrogen and oxygen atoms in total. The molecule has 1 aliphatic heterocycles. The van der Waals surface area contributed by atoms with E-state index in [2.05, 4.69) is 15.5 Å². The van der Waals surface area contributed by atoms with Crippen LogP contribution in [0.1, 0.15) is 36.4 Å². The first kappa shape index (κ1) is 9.30. The van der Waals surface area contributed by atoms with Crippen LogP contribution in [-0.4, -0.2) is 34.9 Å². The van der Waals surface area contributed by atoms with Crippen molar-refractivity contribution in [2.45, 2.75) is 24.7 Å². The monoisotopic (exact) mass is 209 g/mol. The van der Waals surface area contributed by atoms with Crippen LogP contribution in [-0.2, 0) is 0 Å². The highest BCUT2D eigenvalue weighted by atomic mass is 16.5. The molecule has 1 aromatic rings. The molecule has 0 unspecified atom stereocenters. The van der Waals surface area contributed by atoms with Gasteiger partial charge in [-0.15, -0.1) is 0 Å². The molecular weight excluding hydrogens is 194 g/mol. The lowest BCUT2D eigenvalue weighted by Gasteiger charge is -2.10. The number of hydrogen-bond acceptors (Lipinski definition) is 5. The molecule has 1 saturated carbocycles. The van der Waals surface area contributed by atoms with E-state index in [-0.39, 0.29) is 18.4 Å². The second kappa shape index (κ2) is 3.57. The molecule has 1 aliphatic carbocycles. The first-order chi connectivity index (χ1) is 7.38. The highest BCUT2D eigenvalue weighted by Gasteiger charge is 2.34. The summed E-state index contributed by atoms with van der Waals surface area (Å²) in [5.74, 6) is 2.49. The highest BCUT2D eigenvalue weighted by Crippen LogP contribution is 2.39. The van der Waals surface area contributed by atoms with E-state index in [0.717, 1.165) is 18.9 Å². The molecule has 0 spiro atoms. The Labute approximate surface area is 87.9 Å². The lowest BCUT2D eigenvalue weighted by Crippen LogP contribution is -2.15. The molecule has 5 heteroatoms. The number of hydrogen-bond donors (Lipinski definition) is 2. The number of nitrogens with zero attached hydrogens (tertiary/aromatic N) is 2. The molecule has 2 fully saturated rings. The van der Waals surface area contributed by atoms with Gasteiger partial charge in [0.1, 0.15) is 0 Å². The Balaban J connectivity index is 1.78. The van der Waals surface area contributed by atoms with Crippen LogP contribution < -0.4 is 5.32 Å². The van der Waals surface area contributed by atoms with Crippen LogP contribution in [0.25, 0.3) is 0 Å². The van der Waals surface area contributed by atoms with Crippen molar-refractivity contribution in [3.63, 3.8) is 0 Å². The molecule has 2 N–H and O–H groups in total. The van der Waals surface area contributed by atoms with Gasteiger partial charge in [0.15, 0.2) is 5.82 Å². The van der Waals surface area contributed by atoms with E-state index in [9.17, 15) is 5.11 Å². The Morgan fingerprint density at radius 2 is 2.27 bits per heavy atom. The molecule has 2 aliphatic rings. The second-order valence-electron chi connectivity index (χ2n) is 4.47. The summed E-state index contributed by atoms with van der Waals surface area (Å²) < 4.78 is 5.27. The zero-order valence-electron chi connectivity index (χ0n) is 8.52. The van der Waals surface area contributed by atoms with Crippen LogP contribution in [0.5, 0.6) is 0 Å². The van der Waals surface area contributed by atoms with E-state index >= 15 is 0 Å². The van der Waals surface area contributed by atoms with Gasteiger partial charge in [-0.25, -0.2) is 0 Å². The zero-order valence-corrected chi connectivity index (χ0v) is 8.52. The van der Waals surface area contributed by atoms with Crippen molar-refractivity contribution < 1.29 is 9.63 Å². The third-order valence-electron chi connectivity index (χ3n) is 3.29. The number of rotatable bonds is 3. The summed E-state index contributed by atoms with van der Waals surface area (Å²) in [6.45, 7) is 1.85. The predicted octanol–water partition coefficient (Wildman–Crippen LogP) is 0.242. The molecule has 1 aromatic heterocycles. The van der Waals surface area contributed by atoms with Gasteiger partial charge in [0.05, 0.1) is 5.92 Å². The van der Waals surface area contributed by atoms with Crippen molar-refractivity contribution >= 4 is 0 Å². The molecule has 2 heterocycles. The number of aromatic nitrogens is 2. The molecule has 0 bridgehead atoms. The highest BCUT2D eigenvalue weighted by molar-refractivity contribution is 5.07. The Hall–Kier alpha value is -0.940. The minimum absolute atomic E-state index is 0.179. The summed E-state index contributed by atoms with van der Waals surface area (Å²) in [4.78, 5) is 4.42. The summed E-state index contributed by atoms with van der Waals surface area (Å²) in [6.07, 6.45) is 2.37. The van der Waals surface area contributed by atoms with Crippen molar-refractivity contribution in [1.82, 2.24) is 15.5 Å². The van der Waals surface area contributed by atoms with E-state index in [1.54, 1.807) is 0 Å². The Morgan fingerprint density at radius 1 is 1.40 bits per heavy atom. The average Bonchev–Trinajstić information content (AvgIpc) is 2.83. The molecule has 2 atom stereocenters. The minimum atomic E-state index is 0.179. The van der Waals surface area contributed by atoms with E-state index in [1.807, 2.05) is 0 Å². The van der Waals surface area contributed by atoms with Crippen molar-refractivity contribution in [1.29, 1.82) is 0 Å². The molecular formula is C10H15N3O2. The first-order valence-corrected chi connectivity index (χ1v) is 5.53. The Kier molecular flexibility index (Phi) is 2.21. The van der Waals surface area contributed by atoms with Gasteiger partial charge in [0.2, 0.25) is 5.89 Å². The predicted molar refractivity (Wildman–Crippen MR) is 52.5 cm³/mol. The Bertz CT molecular complexity index is 348. The SMILES string of the molecule is OC[C@H]1CNC[C@@H]1c1nc(C2CC2)no1. The standard InChI is InChI=1S/C10H15N3O2/c14-5-7-3-11-4-8(7)10-12-9(13-15-10)6-1-2-6/h6-8,11,14H,1-5H2/t7-,8+/m1/s1. The smallest absolute Gasteiger partial charge is 0.231 e. The quantitative estimate of drug-likeness (QED) is 0.746. The maximum Gasteiger partial charge on any atom is 0.231 e. The van der Waals surface area contributed by atoms with E-state index in [1.165, 1.54) is 12.8 Å². The molecule has 0 aromatic carbocycles. The van der Waals surface area contributed by atoms with Gasteiger partial charge >= 0.3 is 0 Å². The van der Waals surface area contributed by atoms with Crippen molar-refractivity contribution in [3.8, 4) is 0 Å². The molecule has 82 valence electrons. The normalized spacial score (nSPS) is 31.0. The van der Waals surface area contributed by atoms with Crippen LogP contribution in [0.15, 0.2) is 4.52 Å². The van der Waals surface area contributed by atoms with Crippen molar-refractivity contribution in [2.24, 2.45) is 5.92 Å². The largest absolute Gasteiger partial charge is 0.396 e. The molecule has 1 saturated heterocycles. The molecule has 0 amide bonds. The van der Waals surface area contributed by atoms with Gasteiger partial charge in [-0.05, 0) is 12.8 Å². The molecule has 15 heavy (non-hydrogen) atoms. The number of aliphatic hydroxyl groups is 1. The third-order valence-corrected chi connectivity index (χ3v) is 3.29. The summed E-state index contributed by atoms with van der Waals surface area (Å²) in [5.41, 5.74) is 0. The van der Waals surface area contributed by atoms with Crippen LogP contribution in [0.2, 0.25) is 0 Å². The van der Waals surface area contributed by atoms with Crippen LogP contribution >= 0.6 is 0 Å². The van der Waals surface area contributed by atoms with Gasteiger partial charge < -0.3 is 14.9 Å². The van der Waals surface area contributed by atoms with E-state index < -0.39 is 0 Å². The summed E-state index contributed by atoms with van der Waals surface area (Å²) in [6, 6.07) is 0. The van der Waals surface area contributed by atoms with Gasteiger partial charge in [-0.2, -0.15) is 4.98 Å². The average molecular weight is 209 g/mol. The second-order valence-corrected chi connectivity index (χ2v) is 4.47. The fourth-order valence-electron chi connectivity index (χ4n) is 2.12. The lowest BCUT2D eigenvalue weighted by molar-refractivity contribution is 0.211. The fourth-order valence-corrected chi connectivity index (χ4v) is 2.12. The lowest BCUT2D eigenvalue weighted by atomic mass is 9.97. The number of aliphatic hydroxyl groups excluding tert-OH is 1. The minimum Gasteiger partial charge on any atom is -0.396 e. The van der Waals surface area contributed by atoms with Gasteiger partial charge in [0, 0.05) is 31.5 Å². The fraction of sp³-hybridized carbons (Fsp3) is 0.800. The van der Waals surface area contributed by atoms with Gasteiger partial charge in [-0.1, -0.05) is 5.16 Å².